The highest BCUT2D eigenvalue weighted by Crippen LogP contribution is 2.37. The molecule has 1 saturated heterocycles. The second-order valence-electron chi connectivity index (χ2n) is 4.52. The Balaban J connectivity index is 2.55. The van der Waals surface area contributed by atoms with Crippen molar-refractivity contribution in [2.45, 2.75) is 23.5 Å². The number of sulfonamides is 1. The fourth-order valence-electron chi connectivity index (χ4n) is 2.17. The first-order valence-corrected chi connectivity index (χ1v) is 8.70. The highest BCUT2D eigenvalue weighted by atomic mass is 79.9. The molecule has 1 aromatic rings. The van der Waals surface area contributed by atoms with Crippen molar-refractivity contribution in [3.05, 3.63) is 26.7 Å². The van der Waals surface area contributed by atoms with E-state index in [1.165, 1.54) is 12.1 Å². The highest BCUT2D eigenvalue weighted by Gasteiger charge is 2.44. The molecule has 0 spiro atoms. The molecule has 2 atom stereocenters. The third-order valence-electron chi connectivity index (χ3n) is 3.05. The van der Waals surface area contributed by atoms with Crippen LogP contribution in [0.25, 0.3) is 0 Å². The van der Waals surface area contributed by atoms with Gasteiger partial charge in [0.2, 0.25) is 10.0 Å². The molecule has 6 nitrogen and oxygen atoms in total. The molecule has 1 aliphatic rings. The lowest BCUT2D eigenvalue weighted by molar-refractivity contribution is -0.140. The summed E-state index contributed by atoms with van der Waals surface area (Å²) in [6, 6.07) is 1.35. The van der Waals surface area contributed by atoms with E-state index in [-0.39, 0.29) is 27.9 Å². The molecule has 0 amide bonds. The predicted octanol–water partition coefficient (Wildman–Crippen LogP) is 1.96. The summed E-state index contributed by atoms with van der Waals surface area (Å²) in [5, 5.41) is 18.4. The van der Waals surface area contributed by atoms with Gasteiger partial charge >= 0.3 is 5.97 Å². The Morgan fingerprint density at radius 2 is 1.86 bits per heavy atom. The number of halogens is 3. The maximum Gasteiger partial charge on any atom is 0.322 e. The number of carbonyl (C=O) groups is 1. The average Bonchev–Trinajstić information content (AvgIpc) is 2.70. The molecule has 0 radical (unpaired) electrons. The number of nitrogens with zero attached hydrogens (tertiary/aromatic N) is 1. The minimum atomic E-state index is -4.24. The van der Waals surface area contributed by atoms with Crippen molar-refractivity contribution < 1.29 is 23.4 Å². The monoisotopic (exact) mass is 417 g/mol. The highest BCUT2D eigenvalue weighted by molar-refractivity contribution is 9.10. The lowest BCUT2D eigenvalue weighted by Gasteiger charge is -2.22. The van der Waals surface area contributed by atoms with Crippen LogP contribution in [0.4, 0.5) is 0 Å². The van der Waals surface area contributed by atoms with E-state index in [4.69, 9.17) is 28.3 Å². The van der Waals surface area contributed by atoms with Gasteiger partial charge in [0.05, 0.1) is 16.1 Å². The van der Waals surface area contributed by atoms with Gasteiger partial charge in [0.15, 0.2) is 0 Å². The molecule has 0 saturated carbocycles. The maximum atomic E-state index is 12.6. The summed E-state index contributed by atoms with van der Waals surface area (Å²) >= 11 is 15.0. The van der Waals surface area contributed by atoms with Crippen LogP contribution in [0.15, 0.2) is 21.5 Å². The van der Waals surface area contributed by atoms with Crippen molar-refractivity contribution in [3.8, 4) is 0 Å². The zero-order valence-electron chi connectivity index (χ0n) is 10.3. The molecule has 116 valence electrons. The normalized spacial score (nSPS) is 23.4. The topological polar surface area (TPSA) is 94.9 Å². The van der Waals surface area contributed by atoms with Gasteiger partial charge in [-0.05, 0) is 12.1 Å². The minimum absolute atomic E-state index is 0.125. The second-order valence-corrected chi connectivity index (χ2v) is 8.07. The Morgan fingerprint density at radius 3 is 2.33 bits per heavy atom. The minimum Gasteiger partial charge on any atom is -0.480 e. The second kappa shape index (κ2) is 6.02. The van der Waals surface area contributed by atoms with Crippen LogP contribution < -0.4 is 0 Å². The quantitative estimate of drug-likeness (QED) is 0.782. The Bertz CT molecular complexity index is 673. The van der Waals surface area contributed by atoms with E-state index < -0.39 is 28.1 Å². The number of β-amino-alcohol motifs (C(OH)–C–C–N with tert-alkyl or cyclic N) is 1. The van der Waals surface area contributed by atoms with E-state index in [9.17, 15) is 18.3 Å². The van der Waals surface area contributed by atoms with Crippen molar-refractivity contribution >= 4 is 55.1 Å². The molecule has 2 rings (SSSR count). The molecule has 0 unspecified atom stereocenters. The number of hydrogen-bond acceptors (Lipinski definition) is 4. The Kier molecular flexibility index (Phi) is 4.87. The van der Waals surface area contributed by atoms with Gasteiger partial charge in [-0.25, -0.2) is 8.42 Å². The van der Waals surface area contributed by atoms with Crippen LogP contribution in [0.3, 0.4) is 0 Å². The van der Waals surface area contributed by atoms with Gasteiger partial charge in [0.25, 0.3) is 0 Å². The van der Waals surface area contributed by atoms with Crippen LogP contribution in [-0.2, 0) is 14.8 Å². The van der Waals surface area contributed by atoms with Crippen LogP contribution in [-0.4, -0.2) is 47.6 Å². The van der Waals surface area contributed by atoms with Gasteiger partial charge in [-0.2, -0.15) is 4.31 Å². The molecule has 1 heterocycles. The number of carboxylic acids is 1. The predicted molar refractivity (Wildman–Crippen MR) is 80.1 cm³/mol. The number of rotatable bonds is 3. The van der Waals surface area contributed by atoms with Gasteiger partial charge in [-0.3, -0.25) is 4.79 Å². The molecular weight excluding hydrogens is 409 g/mol. The molecule has 21 heavy (non-hydrogen) atoms. The Hall–Kier alpha value is -0.380. The summed E-state index contributed by atoms with van der Waals surface area (Å²) in [4.78, 5) is 10.8. The molecule has 10 heteroatoms. The van der Waals surface area contributed by atoms with E-state index in [0.29, 0.717) is 8.78 Å². The lowest BCUT2D eigenvalue weighted by atomic mass is 10.2. The van der Waals surface area contributed by atoms with Gasteiger partial charge < -0.3 is 10.2 Å². The number of aliphatic hydroxyl groups is 1. The maximum absolute atomic E-state index is 12.6. The van der Waals surface area contributed by atoms with Crippen LogP contribution in [0.2, 0.25) is 10.0 Å². The number of hydrogen-bond donors (Lipinski definition) is 2. The molecule has 1 aromatic carbocycles. The zero-order chi connectivity index (χ0) is 15.9. The summed E-state index contributed by atoms with van der Waals surface area (Å²) in [6.45, 7) is -0.317. The molecule has 0 aromatic heterocycles. The van der Waals surface area contributed by atoms with Crippen molar-refractivity contribution in [1.29, 1.82) is 0 Å². The molecular formula is C11H10BrCl2NO5S. The summed E-state index contributed by atoms with van der Waals surface area (Å²) in [7, 11) is -4.24. The van der Waals surface area contributed by atoms with Gasteiger partial charge in [-0.1, -0.05) is 39.1 Å². The van der Waals surface area contributed by atoms with Crippen LogP contribution in [0.5, 0.6) is 0 Å². The Morgan fingerprint density at radius 1 is 1.33 bits per heavy atom. The van der Waals surface area contributed by atoms with Gasteiger partial charge in [0, 0.05) is 17.4 Å². The molecule has 0 aliphatic carbocycles. The van der Waals surface area contributed by atoms with E-state index in [1.807, 2.05) is 0 Å². The first kappa shape index (κ1) is 17.0. The zero-order valence-corrected chi connectivity index (χ0v) is 14.2. The van der Waals surface area contributed by atoms with Crippen molar-refractivity contribution in [1.82, 2.24) is 4.31 Å². The Labute approximate surface area is 139 Å². The number of aliphatic carboxylic acids is 1. The van der Waals surface area contributed by atoms with Crippen LogP contribution in [0, 0.1) is 0 Å². The fourth-order valence-corrected chi connectivity index (χ4v) is 5.69. The smallest absolute Gasteiger partial charge is 0.322 e. The van der Waals surface area contributed by atoms with E-state index >= 15 is 0 Å². The first-order chi connectivity index (χ1) is 9.64. The van der Waals surface area contributed by atoms with E-state index in [2.05, 4.69) is 15.9 Å². The standard InChI is InChI=1S/C11H10BrCl2NO5S/c12-5-1-7(13)10(8(14)2-5)21(19,20)15-4-6(16)3-9(15)11(17)18/h1-2,6,9,16H,3-4H2,(H,17,18)/t6-,9+/m1/s1. The fraction of sp³-hybridized carbons (Fsp3) is 0.364. The SMILES string of the molecule is O=C(O)[C@@H]1C[C@@H](O)CN1S(=O)(=O)c1c(Cl)cc(Br)cc1Cl. The number of aliphatic hydroxyl groups excluding tert-OH is 1. The van der Waals surface area contributed by atoms with Crippen molar-refractivity contribution in [2.24, 2.45) is 0 Å². The van der Waals surface area contributed by atoms with Crippen LogP contribution >= 0.6 is 39.1 Å². The number of carboxylic acid groups (broad SMARTS) is 1. The van der Waals surface area contributed by atoms with E-state index in [0.717, 1.165) is 0 Å². The van der Waals surface area contributed by atoms with Gasteiger partial charge in [0.1, 0.15) is 10.9 Å². The summed E-state index contributed by atoms with van der Waals surface area (Å²) in [5.74, 6) is -1.33. The molecule has 0 bridgehead atoms. The summed E-state index contributed by atoms with van der Waals surface area (Å²) in [6.07, 6.45) is -1.23. The van der Waals surface area contributed by atoms with Crippen molar-refractivity contribution in [3.63, 3.8) is 0 Å². The average molecular weight is 419 g/mol. The summed E-state index contributed by atoms with van der Waals surface area (Å²) < 4.78 is 26.4. The lowest BCUT2D eigenvalue weighted by Crippen LogP contribution is -2.40. The largest absolute Gasteiger partial charge is 0.480 e. The molecule has 1 aliphatic heterocycles. The van der Waals surface area contributed by atoms with Crippen molar-refractivity contribution in [2.75, 3.05) is 6.54 Å². The third-order valence-corrected chi connectivity index (χ3v) is 6.30. The van der Waals surface area contributed by atoms with E-state index in [1.54, 1.807) is 0 Å². The van der Waals surface area contributed by atoms with Gasteiger partial charge in [-0.15, -0.1) is 0 Å². The number of benzene rings is 1. The first-order valence-electron chi connectivity index (χ1n) is 5.72. The third kappa shape index (κ3) is 3.20. The van der Waals surface area contributed by atoms with Crippen LogP contribution in [0.1, 0.15) is 6.42 Å². The molecule has 1 fully saturated rings. The summed E-state index contributed by atoms with van der Waals surface area (Å²) in [5.41, 5.74) is 0. The molecule has 2 N–H and O–H groups in total.